The highest BCUT2D eigenvalue weighted by Gasteiger charge is 1.98. The van der Waals surface area contributed by atoms with E-state index >= 15 is 0 Å². The third-order valence-electron chi connectivity index (χ3n) is 1.16. The van der Waals surface area contributed by atoms with Gasteiger partial charge >= 0.3 is 0 Å². The van der Waals surface area contributed by atoms with Crippen molar-refractivity contribution in [2.75, 3.05) is 34.0 Å². The predicted molar refractivity (Wildman–Crippen MR) is 40.3 cm³/mol. The zero-order valence-corrected chi connectivity index (χ0v) is 7.33. The SMILES string of the molecule is COCCOOCC(C)OC. The molecule has 0 aliphatic rings. The Balaban J connectivity index is 2.89. The lowest BCUT2D eigenvalue weighted by Crippen LogP contribution is -2.15. The van der Waals surface area contributed by atoms with Crippen LogP contribution in [-0.4, -0.2) is 40.1 Å². The van der Waals surface area contributed by atoms with Gasteiger partial charge in [0.05, 0.1) is 12.7 Å². The quantitative estimate of drug-likeness (QED) is 0.314. The molecule has 0 fully saturated rings. The summed E-state index contributed by atoms with van der Waals surface area (Å²) in [5, 5.41) is 0. The van der Waals surface area contributed by atoms with Gasteiger partial charge in [-0.3, -0.25) is 0 Å². The molecule has 4 nitrogen and oxygen atoms in total. The molecule has 0 radical (unpaired) electrons. The van der Waals surface area contributed by atoms with E-state index < -0.39 is 0 Å². The minimum atomic E-state index is 0.0672. The van der Waals surface area contributed by atoms with Crippen molar-refractivity contribution in [3.63, 3.8) is 0 Å². The summed E-state index contributed by atoms with van der Waals surface area (Å²) < 4.78 is 9.66. The van der Waals surface area contributed by atoms with E-state index in [-0.39, 0.29) is 6.10 Å². The lowest BCUT2D eigenvalue weighted by Gasteiger charge is -2.08. The van der Waals surface area contributed by atoms with E-state index in [0.717, 1.165) is 0 Å². The number of hydrogen-bond donors (Lipinski definition) is 0. The number of rotatable bonds is 7. The zero-order chi connectivity index (χ0) is 8.53. The van der Waals surface area contributed by atoms with Crippen LogP contribution >= 0.6 is 0 Å². The molecule has 0 aromatic rings. The topological polar surface area (TPSA) is 36.9 Å². The summed E-state index contributed by atoms with van der Waals surface area (Å²) in [5.74, 6) is 0. The molecule has 0 bridgehead atoms. The fourth-order valence-corrected chi connectivity index (χ4v) is 0.388. The van der Waals surface area contributed by atoms with E-state index in [9.17, 15) is 0 Å². The first-order chi connectivity index (χ1) is 5.31. The summed E-state index contributed by atoms with van der Waals surface area (Å²) in [6.07, 6.45) is 0.0672. The minimum Gasteiger partial charge on any atom is -0.382 e. The molecule has 0 N–H and O–H groups in total. The predicted octanol–water partition coefficient (Wildman–Crippen LogP) is 0.616. The molecule has 0 aliphatic carbocycles. The molecule has 0 aromatic heterocycles. The summed E-state index contributed by atoms with van der Waals surface area (Å²) in [5.41, 5.74) is 0. The monoisotopic (exact) mass is 164 g/mol. The van der Waals surface area contributed by atoms with Gasteiger partial charge in [0.2, 0.25) is 0 Å². The molecule has 1 atom stereocenters. The lowest BCUT2D eigenvalue weighted by molar-refractivity contribution is -0.308. The van der Waals surface area contributed by atoms with Crippen molar-refractivity contribution in [2.24, 2.45) is 0 Å². The molecule has 0 saturated heterocycles. The molecule has 0 aromatic carbocycles. The third kappa shape index (κ3) is 7.74. The number of ether oxygens (including phenoxy) is 2. The molecule has 11 heavy (non-hydrogen) atoms. The fourth-order valence-electron chi connectivity index (χ4n) is 0.388. The number of hydrogen-bond acceptors (Lipinski definition) is 4. The molecule has 1 unspecified atom stereocenters. The second-order valence-electron chi connectivity index (χ2n) is 2.15. The first-order valence-electron chi connectivity index (χ1n) is 3.57. The Bertz CT molecular complexity index is 76.8. The standard InChI is InChI=1S/C7H16O4/c1-7(9-3)6-11-10-5-4-8-2/h7H,4-6H2,1-3H3. The van der Waals surface area contributed by atoms with Gasteiger partial charge in [0.25, 0.3) is 0 Å². The molecular formula is C7H16O4. The van der Waals surface area contributed by atoms with Crippen LogP contribution in [-0.2, 0) is 19.2 Å². The van der Waals surface area contributed by atoms with E-state index in [4.69, 9.17) is 19.2 Å². The summed E-state index contributed by atoms with van der Waals surface area (Å²) in [4.78, 5) is 9.52. The van der Waals surface area contributed by atoms with E-state index in [2.05, 4.69) is 0 Å². The van der Waals surface area contributed by atoms with Crippen molar-refractivity contribution >= 4 is 0 Å². The maximum atomic E-state index is 4.92. The van der Waals surface area contributed by atoms with Crippen molar-refractivity contribution < 1.29 is 19.2 Å². The highest BCUT2D eigenvalue weighted by molar-refractivity contribution is 4.40. The Labute approximate surface area is 67.3 Å². The Morgan fingerprint density at radius 2 is 1.82 bits per heavy atom. The normalized spacial score (nSPS) is 13.4. The van der Waals surface area contributed by atoms with Crippen LogP contribution in [0, 0.1) is 0 Å². The van der Waals surface area contributed by atoms with Gasteiger partial charge in [0.1, 0.15) is 13.2 Å². The summed E-state index contributed by atoms with van der Waals surface area (Å²) in [7, 11) is 3.24. The first kappa shape index (κ1) is 10.8. The molecule has 0 amide bonds. The molecule has 0 heterocycles. The Morgan fingerprint density at radius 3 is 2.36 bits per heavy atom. The molecule has 4 heteroatoms. The van der Waals surface area contributed by atoms with E-state index in [0.29, 0.717) is 19.8 Å². The Hall–Kier alpha value is -0.160. The molecule has 0 rings (SSSR count). The van der Waals surface area contributed by atoms with Gasteiger partial charge in [-0.2, -0.15) is 0 Å². The molecule has 0 spiro atoms. The van der Waals surface area contributed by atoms with Crippen LogP contribution in [0.5, 0.6) is 0 Å². The van der Waals surface area contributed by atoms with Crippen molar-refractivity contribution in [3.05, 3.63) is 0 Å². The zero-order valence-electron chi connectivity index (χ0n) is 7.33. The van der Waals surface area contributed by atoms with E-state index in [1.165, 1.54) is 0 Å². The average molecular weight is 164 g/mol. The van der Waals surface area contributed by atoms with Gasteiger partial charge in [-0.25, -0.2) is 9.78 Å². The van der Waals surface area contributed by atoms with Crippen LogP contribution in [0.25, 0.3) is 0 Å². The second kappa shape index (κ2) is 7.94. The largest absolute Gasteiger partial charge is 0.382 e. The third-order valence-corrected chi connectivity index (χ3v) is 1.16. The summed E-state index contributed by atoms with van der Waals surface area (Å²) in [6, 6.07) is 0. The van der Waals surface area contributed by atoms with Crippen LogP contribution in [0.15, 0.2) is 0 Å². The van der Waals surface area contributed by atoms with Crippen molar-refractivity contribution in [3.8, 4) is 0 Å². The smallest absolute Gasteiger partial charge is 0.108 e. The second-order valence-corrected chi connectivity index (χ2v) is 2.15. The summed E-state index contributed by atoms with van der Waals surface area (Å²) >= 11 is 0. The summed E-state index contributed by atoms with van der Waals surface area (Å²) in [6.45, 7) is 3.34. The Morgan fingerprint density at radius 1 is 1.09 bits per heavy atom. The van der Waals surface area contributed by atoms with Crippen LogP contribution in [0.4, 0.5) is 0 Å². The highest BCUT2D eigenvalue weighted by Crippen LogP contribution is 1.89. The van der Waals surface area contributed by atoms with Gasteiger partial charge in [-0.15, -0.1) is 0 Å². The van der Waals surface area contributed by atoms with E-state index in [1.807, 2.05) is 6.92 Å². The minimum absolute atomic E-state index is 0.0672. The van der Waals surface area contributed by atoms with Crippen molar-refractivity contribution in [1.82, 2.24) is 0 Å². The maximum Gasteiger partial charge on any atom is 0.108 e. The fraction of sp³-hybridized carbons (Fsp3) is 1.00. The lowest BCUT2D eigenvalue weighted by atomic mass is 10.4. The van der Waals surface area contributed by atoms with Crippen LogP contribution in [0.3, 0.4) is 0 Å². The number of methoxy groups -OCH3 is 2. The average Bonchev–Trinajstić information content (AvgIpc) is 2.04. The first-order valence-corrected chi connectivity index (χ1v) is 3.57. The Kier molecular flexibility index (Phi) is 7.83. The molecular weight excluding hydrogens is 148 g/mol. The van der Waals surface area contributed by atoms with Crippen LogP contribution in [0.1, 0.15) is 6.92 Å². The van der Waals surface area contributed by atoms with E-state index in [1.54, 1.807) is 14.2 Å². The van der Waals surface area contributed by atoms with Gasteiger partial charge in [0, 0.05) is 14.2 Å². The van der Waals surface area contributed by atoms with Crippen LogP contribution in [0.2, 0.25) is 0 Å². The molecule has 0 saturated carbocycles. The maximum absolute atomic E-state index is 4.92. The molecule has 68 valence electrons. The van der Waals surface area contributed by atoms with Crippen molar-refractivity contribution in [1.29, 1.82) is 0 Å². The highest BCUT2D eigenvalue weighted by atomic mass is 17.2. The molecule has 0 aliphatic heterocycles. The van der Waals surface area contributed by atoms with Crippen molar-refractivity contribution in [2.45, 2.75) is 13.0 Å². The van der Waals surface area contributed by atoms with Gasteiger partial charge in [-0.1, -0.05) is 0 Å². The van der Waals surface area contributed by atoms with Gasteiger partial charge in [-0.05, 0) is 6.92 Å². The van der Waals surface area contributed by atoms with Crippen LogP contribution < -0.4 is 0 Å². The van der Waals surface area contributed by atoms with Gasteiger partial charge < -0.3 is 9.47 Å². The van der Waals surface area contributed by atoms with Gasteiger partial charge in [0.15, 0.2) is 0 Å².